The lowest BCUT2D eigenvalue weighted by Crippen LogP contribution is -2.31. The van der Waals surface area contributed by atoms with E-state index in [-0.39, 0.29) is 23.8 Å². The number of carbonyl (C=O) groups is 2. The van der Waals surface area contributed by atoms with Gasteiger partial charge in [-0.1, -0.05) is 49.6 Å². The zero-order valence-electron chi connectivity index (χ0n) is 17.8. The standard InChI is InChI=1S/C24H26N4O4/c29-22(26-14-17-8-3-1-4-9-17)19-12-7-13-28-21(19)25-15-20(23(28)30)27-24(31)32-16-18-10-5-2-6-11-18/h2,5-7,10-13,15,17H,1,3-4,8-9,14,16H2,(H,26,29)(H,27,31). The number of anilines is 1. The Bertz CT molecular complexity index is 1150. The van der Waals surface area contributed by atoms with Crippen molar-refractivity contribution in [3.8, 4) is 0 Å². The molecule has 0 unspecified atom stereocenters. The molecule has 0 saturated heterocycles. The second-order valence-corrected chi connectivity index (χ2v) is 7.99. The molecule has 1 saturated carbocycles. The molecule has 2 aromatic heterocycles. The molecule has 2 N–H and O–H groups in total. The number of ether oxygens (including phenoxy) is 1. The Balaban J connectivity index is 1.45. The Morgan fingerprint density at radius 2 is 1.84 bits per heavy atom. The fourth-order valence-electron chi connectivity index (χ4n) is 3.96. The maximum atomic E-state index is 12.8. The fraction of sp³-hybridized carbons (Fsp3) is 0.333. The van der Waals surface area contributed by atoms with Crippen molar-refractivity contribution < 1.29 is 14.3 Å². The van der Waals surface area contributed by atoms with Gasteiger partial charge in [-0.2, -0.15) is 0 Å². The summed E-state index contributed by atoms with van der Waals surface area (Å²) in [4.78, 5) is 42.0. The highest BCUT2D eigenvalue weighted by Gasteiger charge is 2.18. The molecule has 1 aliphatic rings. The highest BCUT2D eigenvalue weighted by atomic mass is 16.5. The van der Waals surface area contributed by atoms with E-state index in [0.717, 1.165) is 18.4 Å². The maximum absolute atomic E-state index is 12.8. The molecule has 8 heteroatoms. The summed E-state index contributed by atoms with van der Waals surface area (Å²) in [6.45, 7) is 0.706. The molecule has 0 spiro atoms. The number of nitrogens with one attached hydrogen (secondary N) is 2. The molecule has 166 valence electrons. The Morgan fingerprint density at radius 1 is 1.06 bits per heavy atom. The molecule has 1 aliphatic carbocycles. The summed E-state index contributed by atoms with van der Waals surface area (Å²) < 4.78 is 6.41. The van der Waals surface area contributed by atoms with Gasteiger partial charge in [-0.05, 0) is 36.5 Å². The van der Waals surface area contributed by atoms with E-state index in [9.17, 15) is 14.4 Å². The zero-order chi connectivity index (χ0) is 22.3. The van der Waals surface area contributed by atoms with Crippen molar-refractivity contribution in [2.24, 2.45) is 5.92 Å². The van der Waals surface area contributed by atoms with Gasteiger partial charge in [0.15, 0.2) is 5.65 Å². The van der Waals surface area contributed by atoms with Gasteiger partial charge < -0.3 is 10.1 Å². The van der Waals surface area contributed by atoms with Crippen molar-refractivity contribution >= 4 is 23.3 Å². The fourth-order valence-corrected chi connectivity index (χ4v) is 3.96. The number of hydrogen-bond donors (Lipinski definition) is 2. The van der Waals surface area contributed by atoms with Crippen LogP contribution >= 0.6 is 0 Å². The van der Waals surface area contributed by atoms with Crippen molar-refractivity contribution in [3.63, 3.8) is 0 Å². The van der Waals surface area contributed by atoms with Crippen molar-refractivity contribution in [2.75, 3.05) is 11.9 Å². The first-order valence-electron chi connectivity index (χ1n) is 10.9. The first-order valence-corrected chi connectivity index (χ1v) is 10.9. The van der Waals surface area contributed by atoms with E-state index in [2.05, 4.69) is 15.6 Å². The average molecular weight is 434 g/mol. The number of aromatic nitrogens is 2. The monoisotopic (exact) mass is 434 g/mol. The third kappa shape index (κ3) is 5.14. The topological polar surface area (TPSA) is 102 Å². The van der Waals surface area contributed by atoms with Crippen molar-refractivity contribution in [1.29, 1.82) is 0 Å². The van der Waals surface area contributed by atoms with E-state index in [1.165, 1.54) is 36.1 Å². The van der Waals surface area contributed by atoms with Crippen LogP contribution in [0.15, 0.2) is 59.7 Å². The molecular formula is C24H26N4O4. The quantitative estimate of drug-likeness (QED) is 0.615. The van der Waals surface area contributed by atoms with Gasteiger partial charge in [0.1, 0.15) is 12.3 Å². The molecule has 8 nitrogen and oxygen atoms in total. The number of nitrogens with zero attached hydrogens (tertiary/aromatic N) is 2. The van der Waals surface area contributed by atoms with Crippen LogP contribution in [0.5, 0.6) is 0 Å². The van der Waals surface area contributed by atoms with Gasteiger partial charge in [0.05, 0.1) is 11.8 Å². The van der Waals surface area contributed by atoms with Crippen LogP contribution in [0.1, 0.15) is 48.0 Å². The van der Waals surface area contributed by atoms with Crippen LogP contribution in [0.3, 0.4) is 0 Å². The third-order valence-corrected chi connectivity index (χ3v) is 5.70. The summed E-state index contributed by atoms with van der Waals surface area (Å²) in [6.07, 6.45) is 7.93. The average Bonchev–Trinajstić information content (AvgIpc) is 2.84. The van der Waals surface area contributed by atoms with E-state index in [0.29, 0.717) is 18.0 Å². The van der Waals surface area contributed by atoms with Gasteiger partial charge in [0.2, 0.25) is 0 Å². The molecule has 2 amide bonds. The van der Waals surface area contributed by atoms with Crippen LogP contribution in [0, 0.1) is 5.92 Å². The van der Waals surface area contributed by atoms with Crippen LogP contribution in [0.25, 0.3) is 5.65 Å². The highest BCUT2D eigenvalue weighted by Crippen LogP contribution is 2.23. The second kappa shape index (κ2) is 10.1. The maximum Gasteiger partial charge on any atom is 0.412 e. The molecule has 0 atom stereocenters. The van der Waals surface area contributed by atoms with Crippen molar-refractivity contribution in [1.82, 2.24) is 14.7 Å². The number of hydrogen-bond acceptors (Lipinski definition) is 5. The normalized spacial score (nSPS) is 14.1. The number of benzene rings is 1. The van der Waals surface area contributed by atoms with E-state index in [1.54, 1.807) is 12.1 Å². The SMILES string of the molecule is O=C(Nc1cnc2c(C(=O)NCC3CCCCC3)cccn2c1=O)OCc1ccccc1. The number of pyridine rings is 1. The molecule has 1 fully saturated rings. The summed E-state index contributed by atoms with van der Waals surface area (Å²) in [5.41, 5.74) is 0.870. The lowest BCUT2D eigenvalue weighted by Gasteiger charge is -2.21. The zero-order valence-corrected chi connectivity index (χ0v) is 17.8. The first kappa shape index (κ1) is 21.5. The summed E-state index contributed by atoms with van der Waals surface area (Å²) in [5.74, 6) is 0.236. The first-order chi connectivity index (χ1) is 15.6. The summed E-state index contributed by atoms with van der Waals surface area (Å²) in [6, 6.07) is 12.5. The Hall–Kier alpha value is -3.68. The largest absolute Gasteiger partial charge is 0.444 e. The molecule has 0 radical (unpaired) electrons. The van der Waals surface area contributed by atoms with Gasteiger partial charge in [-0.3, -0.25) is 19.3 Å². The van der Waals surface area contributed by atoms with Gasteiger partial charge >= 0.3 is 6.09 Å². The van der Waals surface area contributed by atoms with Gasteiger partial charge in [-0.25, -0.2) is 9.78 Å². The number of carbonyl (C=O) groups excluding carboxylic acids is 2. The third-order valence-electron chi connectivity index (χ3n) is 5.70. The van der Waals surface area contributed by atoms with E-state index in [4.69, 9.17) is 4.74 Å². The van der Waals surface area contributed by atoms with Gasteiger partial charge in [0, 0.05) is 12.7 Å². The van der Waals surface area contributed by atoms with E-state index in [1.807, 2.05) is 30.3 Å². The molecule has 0 aliphatic heterocycles. The number of amides is 2. The van der Waals surface area contributed by atoms with Gasteiger partial charge in [0.25, 0.3) is 11.5 Å². The molecule has 1 aromatic carbocycles. The minimum absolute atomic E-state index is 0.0275. The smallest absolute Gasteiger partial charge is 0.412 e. The van der Waals surface area contributed by atoms with Crippen LogP contribution in [0.4, 0.5) is 10.5 Å². The molecular weight excluding hydrogens is 408 g/mol. The summed E-state index contributed by atoms with van der Waals surface area (Å²) >= 11 is 0. The molecule has 0 bridgehead atoms. The summed E-state index contributed by atoms with van der Waals surface area (Å²) in [5, 5.41) is 5.41. The molecule has 2 heterocycles. The lowest BCUT2D eigenvalue weighted by molar-refractivity contribution is 0.0944. The molecule has 32 heavy (non-hydrogen) atoms. The Morgan fingerprint density at radius 3 is 2.62 bits per heavy atom. The second-order valence-electron chi connectivity index (χ2n) is 7.99. The van der Waals surface area contributed by atoms with Crippen LogP contribution in [-0.4, -0.2) is 27.9 Å². The lowest BCUT2D eigenvalue weighted by atomic mass is 9.89. The minimum Gasteiger partial charge on any atom is -0.444 e. The highest BCUT2D eigenvalue weighted by molar-refractivity contribution is 5.99. The van der Waals surface area contributed by atoms with Crippen LogP contribution < -0.4 is 16.2 Å². The van der Waals surface area contributed by atoms with Crippen molar-refractivity contribution in [3.05, 3.63) is 76.3 Å². The number of rotatable bonds is 6. The minimum atomic E-state index is -0.755. The Kier molecular flexibility index (Phi) is 6.79. The predicted molar refractivity (Wildman–Crippen MR) is 121 cm³/mol. The Labute approximate surface area is 185 Å². The van der Waals surface area contributed by atoms with Gasteiger partial charge in [-0.15, -0.1) is 0 Å². The number of fused-ring (bicyclic) bond motifs is 1. The van der Waals surface area contributed by atoms with Crippen molar-refractivity contribution in [2.45, 2.75) is 38.7 Å². The molecule has 3 aromatic rings. The van der Waals surface area contributed by atoms with Crippen LogP contribution in [0.2, 0.25) is 0 Å². The van der Waals surface area contributed by atoms with E-state index >= 15 is 0 Å². The summed E-state index contributed by atoms with van der Waals surface area (Å²) in [7, 11) is 0. The predicted octanol–water partition coefficient (Wildman–Crippen LogP) is 3.75. The van der Waals surface area contributed by atoms with Crippen LogP contribution in [-0.2, 0) is 11.3 Å². The van der Waals surface area contributed by atoms with E-state index < -0.39 is 11.7 Å². The molecule has 4 rings (SSSR count).